The van der Waals surface area contributed by atoms with Gasteiger partial charge in [0.15, 0.2) is 5.13 Å². The number of nitrogens with one attached hydrogen (secondary N) is 1. The Bertz CT molecular complexity index is 377. The lowest BCUT2D eigenvalue weighted by Gasteiger charge is -2.26. The predicted molar refractivity (Wildman–Crippen MR) is 64.8 cm³/mol. The smallest absolute Gasteiger partial charge is 0.434 e. The van der Waals surface area contributed by atoms with E-state index in [1.165, 1.54) is 11.3 Å². The molecule has 6 nitrogen and oxygen atoms in total. The highest BCUT2D eigenvalue weighted by Crippen LogP contribution is 2.29. The van der Waals surface area contributed by atoms with Crippen molar-refractivity contribution in [2.75, 3.05) is 37.7 Å². The summed E-state index contributed by atoms with van der Waals surface area (Å²) in [6.45, 7) is 5.79. The van der Waals surface area contributed by atoms with Crippen LogP contribution in [0.15, 0.2) is 6.20 Å². The van der Waals surface area contributed by atoms with Gasteiger partial charge in [-0.2, -0.15) is 0 Å². The van der Waals surface area contributed by atoms with E-state index < -0.39 is 6.16 Å². The van der Waals surface area contributed by atoms with Crippen LogP contribution in [0.5, 0.6) is 5.06 Å². The van der Waals surface area contributed by atoms with Gasteiger partial charge in [0.2, 0.25) is 5.06 Å². The van der Waals surface area contributed by atoms with Crippen molar-refractivity contribution in [2.45, 2.75) is 6.92 Å². The number of carbonyl (C=O) groups excluding carboxylic acids is 1. The predicted octanol–water partition coefficient (Wildman–Crippen LogP) is 1.09. The zero-order valence-electron chi connectivity index (χ0n) is 9.64. The molecule has 1 aliphatic rings. The van der Waals surface area contributed by atoms with Crippen LogP contribution in [-0.4, -0.2) is 43.9 Å². The average Bonchev–Trinajstić information content (AvgIpc) is 2.79. The average molecular weight is 257 g/mol. The van der Waals surface area contributed by atoms with Crippen LogP contribution in [0, 0.1) is 0 Å². The molecular weight excluding hydrogens is 242 g/mol. The standard InChI is InChI=1S/C10H15N3O3S/c1-2-15-10(14)16-8-7-12-9(17-8)13-5-3-11-4-6-13/h7,11H,2-6H2,1H3. The van der Waals surface area contributed by atoms with Crippen LogP contribution in [0.2, 0.25) is 0 Å². The van der Waals surface area contributed by atoms with Crippen molar-refractivity contribution in [3.05, 3.63) is 6.20 Å². The molecule has 1 aromatic rings. The molecule has 7 heteroatoms. The summed E-state index contributed by atoms with van der Waals surface area (Å²) in [6, 6.07) is 0. The number of aromatic nitrogens is 1. The molecule has 0 unspecified atom stereocenters. The van der Waals surface area contributed by atoms with Gasteiger partial charge in [-0.25, -0.2) is 9.78 Å². The van der Waals surface area contributed by atoms with Gasteiger partial charge in [-0.05, 0) is 6.92 Å². The van der Waals surface area contributed by atoms with Gasteiger partial charge in [0, 0.05) is 26.2 Å². The van der Waals surface area contributed by atoms with Crippen molar-refractivity contribution in [3.8, 4) is 5.06 Å². The van der Waals surface area contributed by atoms with Gasteiger partial charge in [-0.3, -0.25) is 0 Å². The lowest BCUT2D eigenvalue weighted by Crippen LogP contribution is -2.43. The second kappa shape index (κ2) is 5.83. The number of carbonyl (C=O) groups is 1. The van der Waals surface area contributed by atoms with E-state index in [2.05, 4.69) is 15.2 Å². The molecule has 0 aliphatic carbocycles. The van der Waals surface area contributed by atoms with Crippen molar-refractivity contribution in [1.29, 1.82) is 0 Å². The Kier molecular flexibility index (Phi) is 4.16. The zero-order chi connectivity index (χ0) is 12.1. The summed E-state index contributed by atoms with van der Waals surface area (Å²) in [4.78, 5) is 17.5. The molecule has 0 saturated carbocycles. The number of ether oxygens (including phenoxy) is 2. The Hall–Kier alpha value is -1.34. The molecule has 2 heterocycles. The molecule has 0 aromatic carbocycles. The fourth-order valence-electron chi connectivity index (χ4n) is 1.53. The van der Waals surface area contributed by atoms with E-state index in [-0.39, 0.29) is 0 Å². The Morgan fingerprint density at radius 3 is 3.06 bits per heavy atom. The first-order valence-electron chi connectivity index (χ1n) is 5.55. The van der Waals surface area contributed by atoms with E-state index in [1.807, 2.05) is 0 Å². The monoisotopic (exact) mass is 257 g/mol. The highest BCUT2D eigenvalue weighted by molar-refractivity contribution is 7.17. The van der Waals surface area contributed by atoms with Crippen LogP contribution in [0.4, 0.5) is 9.93 Å². The summed E-state index contributed by atoms with van der Waals surface area (Å²) in [5, 5.41) is 4.62. The minimum Gasteiger partial charge on any atom is -0.434 e. The molecule has 2 rings (SSSR count). The highest BCUT2D eigenvalue weighted by Gasteiger charge is 2.15. The Labute approximate surface area is 104 Å². The molecule has 1 aliphatic heterocycles. The summed E-state index contributed by atoms with van der Waals surface area (Å²) in [7, 11) is 0. The summed E-state index contributed by atoms with van der Waals surface area (Å²) < 4.78 is 9.67. The fourth-order valence-corrected chi connectivity index (χ4v) is 2.34. The molecule has 1 N–H and O–H groups in total. The van der Waals surface area contributed by atoms with Crippen LogP contribution in [0.3, 0.4) is 0 Å². The number of hydrogen-bond acceptors (Lipinski definition) is 7. The fraction of sp³-hybridized carbons (Fsp3) is 0.600. The molecule has 17 heavy (non-hydrogen) atoms. The van der Waals surface area contributed by atoms with Crippen molar-refractivity contribution in [3.63, 3.8) is 0 Å². The molecular formula is C10H15N3O3S. The van der Waals surface area contributed by atoms with Crippen molar-refractivity contribution < 1.29 is 14.3 Å². The lowest BCUT2D eigenvalue weighted by atomic mass is 10.4. The maximum absolute atomic E-state index is 11.1. The largest absolute Gasteiger partial charge is 0.514 e. The molecule has 0 atom stereocenters. The third-order valence-electron chi connectivity index (χ3n) is 2.31. The van der Waals surface area contributed by atoms with Gasteiger partial charge in [-0.1, -0.05) is 11.3 Å². The summed E-state index contributed by atoms with van der Waals surface area (Å²) in [5.41, 5.74) is 0. The minimum atomic E-state index is -0.678. The van der Waals surface area contributed by atoms with Gasteiger partial charge in [0.1, 0.15) is 0 Å². The Balaban J connectivity index is 1.93. The molecule has 0 radical (unpaired) electrons. The SMILES string of the molecule is CCOC(=O)Oc1cnc(N2CCNCC2)s1. The molecule has 1 aromatic heterocycles. The lowest BCUT2D eigenvalue weighted by molar-refractivity contribution is 0.105. The van der Waals surface area contributed by atoms with E-state index in [1.54, 1.807) is 13.1 Å². The molecule has 1 saturated heterocycles. The van der Waals surface area contributed by atoms with Crippen molar-refractivity contribution in [1.82, 2.24) is 10.3 Å². The molecule has 1 fully saturated rings. The van der Waals surface area contributed by atoms with E-state index in [4.69, 9.17) is 9.47 Å². The van der Waals surface area contributed by atoms with E-state index >= 15 is 0 Å². The van der Waals surface area contributed by atoms with Crippen LogP contribution in [0.25, 0.3) is 0 Å². The topological polar surface area (TPSA) is 63.7 Å². The second-order valence-electron chi connectivity index (χ2n) is 3.48. The van der Waals surface area contributed by atoms with Crippen LogP contribution < -0.4 is 15.0 Å². The normalized spacial score (nSPS) is 15.7. The molecule has 0 bridgehead atoms. The Morgan fingerprint density at radius 1 is 1.59 bits per heavy atom. The number of piperazine rings is 1. The number of rotatable bonds is 3. The summed E-state index contributed by atoms with van der Waals surface area (Å²) in [6.07, 6.45) is 0.877. The van der Waals surface area contributed by atoms with Gasteiger partial charge in [0.05, 0.1) is 12.8 Å². The minimum absolute atomic E-state index is 0.308. The first kappa shape index (κ1) is 12.1. The third kappa shape index (κ3) is 3.31. The molecule has 94 valence electrons. The maximum atomic E-state index is 11.1. The van der Waals surface area contributed by atoms with Gasteiger partial charge < -0.3 is 19.7 Å². The molecule has 0 amide bonds. The number of thiazole rings is 1. The third-order valence-corrected chi connectivity index (χ3v) is 3.24. The quantitative estimate of drug-likeness (QED) is 0.818. The van der Waals surface area contributed by atoms with E-state index in [9.17, 15) is 4.79 Å². The number of hydrogen-bond donors (Lipinski definition) is 1. The van der Waals surface area contributed by atoms with Crippen molar-refractivity contribution >= 4 is 22.6 Å². The summed E-state index contributed by atoms with van der Waals surface area (Å²) in [5.74, 6) is 0. The van der Waals surface area contributed by atoms with Gasteiger partial charge in [0.25, 0.3) is 0 Å². The molecule has 0 spiro atoms. The highest BCUT2D eigenvalue weighted by atomic mass is 32.1. The Morgan fingerprint density at radius 2 is 2.35 bits per heavy atom. The van der Waals surface area contributed by atoms with E-state index in [0.717, 1.165) is 31.3 Å². The first-order valence-corrected chi connectivity index (χ1v) is 6.37. The van der Waals surface area contributed by atoms with Gasteiger partial charge >= 0.3 is 6.16 Å². The van der Waals surface area contributed by atoms with Crippen molar-refractivity contribution in [2.24, 2.45) is 0 Å². The van der Waals surface area contributed by atoms with Crippen LogP contribution in [-0.2, 0) is 4.74 Å². The second-order valence-corrected chi connectivity index (χ2v) is 4.46. The number of anilines is 1. The van der Waals surface area contributed by atoms with Crippen LogP contribution >= 0.6 is 11.3 Å². The first-order chi connectivity index (χ1) is 8.29. The number of nitrogens with zero attached hydrogens (tertiary/aromatic N) is 2. The van der Waals surface area contributed by atoms with Crippen LogP contribution in [0.1, 0.15) is 6.92 Å². The van der Waals surface area contributed by atoms with Gasteiger partial charge in [-0.15, -0.1) is 0 Å². The van der Waals surface area contributed by atoms with E-state index in [0.29, 0.717) is 11.7 Å². The summed E-state index contributed by atoms with van der Waals surface area (Å²) >= 11 is 1.36. The zero-order valence-corrected chi connectivity index (χ0v) is 10.5. The maximum Gasteiger partial charge on any atom is 0.514 e.